The molecule has 0 saturated heterocycles. The van der Waals surface area contributed by atoms with E-state index in [0.717, 1.165) is 6.54 Å². The van der Waals surface area contributed by atoms with Crippen LogP contribution < -0.4 is 0 Å². The van der Waals surface area contributed by atoms with Crippen LogP contribution in [0.2, 0.25) is 0 Å². The van der Waals surface area contributed by atoms with Gasteiger partial charge >= 0.3 is 0 Å². The molecule has 0 rings (SSSR count). The lowest BCUT2D eigenvalue weighted by Gasteiger charge is -2.20. The third-order valence-corrected chi connectivity index (χ3v) is 2.17. The summed E-state index contributed by atoms with van der Waals surface area (Å²) in [5, 5.41) is 0. The molecule has 0 spiro atoms. The lowest BCUT2D eigenvalue weighted by Crippen LogP contribution is -2.17. The van der Waals surface area contributed by atoms with Crippen LogP contribution in [0.5, 0.6) is 0 Å². The minimum absolute atomic E-state index is 1.14. The van der Waals surface area contributed by atoms with Crippen molar-refractivity contribution in [2.75, 3.05) is 13.6 Å². The molecular formula is C11H23N. The van der Waals surface area contributed by atoms with E-state index in [9.17, 15) is 0 Å². The largest absolute Gasteiger partial charge is 0.378 e. The maximum Gasteiger partial charge on any atom is 0.0168 e. The molecule has 1 heteroatoms. The summed E-state index contributed by atoms with van der Waals surface area (Å²) in [5.74, 6) is 0. The Hall–Kier alpha value is -0.460. The molecule has 0 heterocycles. The van der Waals surface area contributed by atoms with Gasteiger partial charge in [0.2, 0.25) is 0 Å². The topological polar surface area (TPSA) is 3.24 Å². The van der Waals surface area contributed by atoms with Crippen molar-refractivity contribution < 1.29 is 0 Å². The van der Waals surface area contributed by atoms with Gasteiger partial charge in [-0.05, 0) is 19.3 Å². The van der Waals surface area contributed by atoms with Gasteiger partial charge in [-0.15, -0.1) is 0 Å². The summed E-state index contributed by atoms with van der Waals surface area (Å²) in [7, 11) is 2.14. The van der Waals surface area contributed by atoms with E-state index in [4.69, 9.17) is 0 Å². The lowest BCUT2D eigenvalue weighted by molar-refractivity contribution is 0.397. The van der Waals surface area contributed by atoms with Crippen molar-refractivity contribution >= 4 is 0 Å². The molecule has 0 aromatic heterocycles. The highest BCUT2D eigenvalue weighted by Crippen LogP contribution is 2.10. The quantitative estimate of drug-likeness (QED) is 0.528. The highest BCUT2D eigenvalue weighted by Gasteiger charge is 1.99. The molecule has 0 fully saturated rings. The minimum atomic E-state index is 1.14. The van der Waals surface area contributed by atoms with E-state index in [1.165, 1.54) is 37.8 Å². The Balaban J connectivity index is 3.43. The SMILES string of the molecule is C=C(CCCCC)N(C)CCC. The molecule has 0 saturated carbocycles. The van der Waals surface area contributed by atoms with Gasteiger partial charge in [0.1, 0.15) is 0 Å². The fourth-order valence-electron chi connectivity index (χ4n) is 1.26. The summed E-state index contributed by atoms with van der Waals surface area (Å²) in [5.41, 5.74) is 1.30. The van der Waals surface area contributed by atoms with Gasteiger partial charge < -0.3 is 4.90 Å². The van der Waals surface area contributed by atoms with Gasteiger partial charge in [-0.3, -0.25) is 0 Å². The molecule has 72 valence electrons. The summed E-state index contributed by atoms with van der Waals surface area (Å²) >= 11 is 0. The first-order chi connectivity index (χ1) is 5.72. The Labute approximate surface area is 77.5 Å². The molecule has 0 atom stereocenters. The Kier molecular flexibility index (Phi) is 6.93. The highest BCUT2D eigenvalue weighted by atomic mass is 15.1. The van der Waals surface area contributed by atoms with Crippen LogP contribution in [0.4, 0.5) is 0 Å². The second kappa shape index (κ2) is 7.20. The third-order valence-electron chi connectivity index (χ3n) is 2.17. The zero-order chi connectivity index (χ0) is 9.40. The van der Waals surface area contributed by atoms with Crippen molar-refractivity contribution in [3.05, 3.63) is 12.3 Å². The normalized spacial score (nSPS) is 9.92. The van der Waals surface area contributed by atoms with E-state index < -0.39 is 0 Å². The van der Waals surface area contributed by atoms with Crippen molar-refractivity contribution in [2.45, 2.75) is 46.0 Å². The fraction of sp³-hybridized carbons (Fsp3) is 0.818. The number of hydrogen-bond acceptors (Lipinski definition) is 1. The summed E-state index contributed by atoms with van der Waals surface area (Å²) in [6.07, 6.45) is 6.31. The lowest BCUT2D eigenvalue weighted by atomic mass is 10.1. The molecule has 0 aliphatic rings. The molecule has 1 nitrogen and oxygen atoms in total. The summed E-state index contributed by atoms with van der Waals surface area (Å²) in [4.78, 5) is 2.27. The number of hydrogen-bond donors (Lipinski definition) is 0. The van der Waals surface area contributed by atoms with Crippen LogP contribution >= 0.6 is 0 Å². The van der Waals surface area contributed by atoms with Crippen LogP contribution in [-0.4, -0.2) is 18.5 Å². The third kappa shape index (κ3) is 5.22. The van der Waals surface area contributed by atoms with Crippen molar-refractivity contribution in [1.82, 2.24) is 4.90 Å². The van der Waals surface area contributed by atoms with Crippen LogP contribution in [0.25, 0.3) is 0 Å². The summed E-state index contributed by atoms with van der Waals surface area (Å²) in [6, 6.07) is 0. The van der Waals surface area contributed by atoms with Gasteiger partial charge in [0, 0.05) is 19.3 Å². The molecule has 0 N–H and O–H groups in total. The van der Waals surface area contributed by atoms with Crippen LogP contribution in [0.15, 0.2) is 12.3 Å². The van der Waals surface area contributed by atoms with Gasteiger partial charge in [0.25, 0.3) is 0 Å². The van der Waals surface area contributed by atoms with Crippen LogP contribution in [0, 0.1) is 0 Å². The standard InChI is InChI=1S/C11H23N/c1-5-7-8-9-11(3)12(4)10-6-2/h3,5-10H2,1-2,4H3. The maximum absolute atomic E-state index is 4.07. The number of unbranched alkanes of at least 4 members (excludes halogenated alkanes) is 2. The smallest absolute Gasteiger partial charge is 0.0168 e. The Morgan fingerprint density at radius 3 is 2.33 bits per heavy atom. The summed E-state index contributed by atoms with van der Waals surface area (Å²) < 4.78 is 0. The monoisotopic (exact) mass is 169 g/mol. The van der Waals surface area contributed by atoms with Gasteiger partial charge in [-0.25, -0.2) is 0 Å². The molecule has 0 aromatic rings. The van der Waals surface area contributed by atoms with Gasteiger partial charge in [-0.2, -0.15) is 0 Å². The molecular weight excluding hydrogens is 146 g/mol. The van der Waals surface area contributed by atoms with E-state index >= 15 is 0 Å². The molecule has 0 aromatic carbocycles. The van der Waals surface area contributed by atoms with E-state index in [0.29, 0.717) is 0 Å². The first-order valence-corrected chi connectivity index (χ1v) is 5.11. The summed E-state index contributed by atoms with van der Waals surface area (Å²) in [6.45, 7) is 9.65. The average molecular weight is 169 g/mol. The highest BCUT2D eigenvalue weighted by molar-refractivity contribution is 4.91. The zero-order valence-corrected chi connectivity index (χ0v) is 8.90. The fourth-order valence-corrected chi connectivity index (χ4v) is 1.26. The first-order valence-electron chi connectivity index (χ1n) is 5.11. The molecule has 0 aliphatic heterocycles. The van der Waals surface area contributed by atoms with Crippen molar-refractivity contribution in [2.24, 2.45) is 0 Å². The molecule has 12 heavy (non-hydrogen) atoms. The number of nitrogens with zero attached hydrogens (tertiary/aromatic N) is 1. The minimum Gasteiger partial charge on any atom is -0.378 e. The molecule has 0 aliphatic carbocycles. The van der Waals surface area contributed by atoms with Crippen molar-refractivity contribution in [3.63, 3.8) is 0 Å². The Bertz CT molecular complexity index is 118. The second-order valence-corrected chi connectivity index (χ2v) is 3.44. The maximum atomic E-state index is 4.07. The van der Waals surface area contributed by atoms with Crippen molar-refractivity contribution in [1.29, 1.82) is 0 Å². The molecule has 0 amide bonds. The van der Waals surface area contributed by atoms with Gasteiger partial charge in [0.15, 0.2) is 0 Å². The van der Waals surface area contributed by atoms with E-state index in [-0.39, 0.29) is 0 Å². The molecule has 0 radical (unpaired) electrons. The average Bonchev–Trinajstić information content (AvgIpc) is 2.05. The number of rotatable bonds is 7. The predicted octanol–water partition coefficient (Wildman–Crippen LogP) is 3.42. The Morgan fingerprint density at radius 1 is 1.17 bits per heavy atom. The first kappa shape index (κ1) is 11.5. The van der Waals surface area contributed by atoms with E-state index in [1.807, 2.05) is 0 Å². The van der Waals surface area contributed by atoms with Gasteiger partial charge in [0.05, 0.1) is 0 Å². The van der Waals surface area contributed by atoms with Gasteiger partial charge in [-0.1, -0.05) is 33.3 Å². The van der Waals surface area contributed by atoms with E-state index in [1.54, 1.807) is 0 Å². The second-order valence-electron chi connectivity index (χ2n) is 3.44. The molecule has 0 bridgehead atoms. The predicted molar refractivity (Wildman–Crippen MR) is 56.2 cm³/mol. The Morgan fingerprint density at radius 2 is 1.83 bits per heavy atom. The van der Waals surface area contributed by atoms with Crippen LogP contribution in [-0.2, 0) is 0 Å². The van der Waals surface area contributed by atoms with Crippen molar-refractivity contribution in [3.8, 4) is 0 Å². The number of allylic oxidation sites excluding steroid dienone is 1. The van der Waals surface area contributed by atoms with Crippen LogP contribution in [0.3, 0.4) is 0 Å². The zero-order valence-electron chi connectivity index (χ0n) is 8.90. The molecule has 0 unspecified atom stereocenters. The van der Waals surface area contributed by atoms with Crippen LogP contribution in [0.1, 0.15) is 46.0 Å². The van der Waals surface area contributed by atoms with E-state index in [2.05, 4.69) is 32.4 Å².